The lowest BCUT2D eigenvalue weighted by Gasteiger charge is -2.13. The molecule has 0 saturated heterocycles. The van der Waals surface area contributed by atoms with Crippen molar-refractivity contribution in [3.8, 4) is 5.75 Å². The first-order chi connectivity index (χ1) is 7.74. The number of ether oxygens (including phenoxy) is 1. The fraction of sp³-hybridized carbons (Fsp3) is 0.417. The molecule has 0 N–H and O–H groups in total. The monoisotopic (exact) mass is 231 g/mol. The Morgan fingerprint density at radius 2 is 2.31 bits per heavy atom. The number of thioether (sulfide) groups is 1. The van der Waals surface area contributed by atoms with Gasteiger partial charge in [0.15, 0.2) is 0 Å². The van der Waals surface area contributed by atoms with Gasteiger partial charge < -0.3 is 4.74 Å². The molecule has 1 aliphatic heterocycles. The highest BCUT2D eigenvalue weighted by Crippen LogP contribution is 2.38. The molecule has 2 radical (unpaired) electrons. The van der Waals surface area contributed by atoms with Gasteiger partial charge >= 0.3 is 0 Å². The highest BCUT2D eigenvalue weighted by atomic mass is 32.2. The van der Waals surface area contributed by atoms with Crippen molar-refractivity contribution in [3.63, 3.8) is 0 Å². The second kappa shape index (κ2) is 4.96. The average molecular weight is 231 g/mol. The molecular formula is C12H14BNOS. The fourth-order valence-electron chi connectivity index (χ4n) is 1.84. The molecule has 2 unspecified atom stereocenters. The van der Waals surface area contributed by atoms with E-state index in [2.05, 4.69) is 18.0 Å². The summed E-state index contributed by atoms with van der Waals surface area (Å²) in [5, 5.41) is 1.49. The summed E-state index contributed by atoms with van der Waals surface area (Å²) in [6, 6.07) is 8.29. The lowest BCUT2D eigenvalue weighted by Crippen LogP contribution is -2.04. The predicted molar refractivity (Wildman–Crippen MR) is 70.8 cm³/mol. The normalized spacial score (nSPS) is 24.2. The van der Waals surface area contributed by atoms with Crippen molar-refractivity contribution >= 4 is 24.7 Å². The van der Waals surface area contributed by atoms with Crippen molar-refractivity contribution in [2.24, 2.45) is 4.99 Å². The van der Waals surface area contributed by atoms with E-state index >= 15 is 0 Å². The van der Waals surface area contributed by atoms with Crippen LogP contribution in [-0.2, 0) is 0 Å². The van der Waals surface area contributed by atoms with Crippen molar-refractivity contribution in [2.75, 3.05) is 7.11 Å². The number of hydrogen-bond acceptors (Lipinski definition) is 3. The Kier molecular flexibility index (Phi) is 3.59. The molecule has 0 saturated carbocycles. The maximum atomic E-state index is 5.62. The third-order valence-corrected chi connectivity index (χ3v) is 3.83. The van der Waals surface area contributed by atoms with Gasteiger partial charge in [0, 0.05) is 5.25 Å². The van der Waals surface area contributed by atoms with Gasteiger partial charge in [0.25, 0.3) is 0 Å². The van der Waals surface area contributed by atoms with Gasteiger partial charge in [0.1, 0.15) is 5.75 Å². The largest absolute Gasteiger partial charge is 0.497 e. The van der Waals surface area contributed by atoms with Gasteiger partial charge in [-0.1, -0.05) is 19.1 Å². The second-order valence-corrected chi connectivity index (χ2v) is 5.22. The minimum atomic E-state index is 0.207. The zero-order chi connectivity index (χ0) is 11.5. The Hall–Kier alpha value is -0.895. The molecule has 0 aliphatic carbocycles. The average Bonchev–Trinajstić information content (AvgIpc) is 2.71. The molecule has 2 atom stereocenters. The van der Waals surface area contributed by atoms with E-state index in [1.165, 1.54) is 5.56 Å². The number of hydrogen-bond donors (Lipinski definition) is 0. The molecule has 1 aliphatic rings. The summed E-state index contributed by atoms with van der Waals surface area (Å²) < 4.78 is 5.22. The maximum Gasteiger partial charge on any atom is 0.119 e. The lowest BCUT2D eigenvalue weighted by atomic mass is 10.0. The Morgan fingerprint density at radius 3 is 2.94 bits per heavy atom. The van der Waals surface area contributed by atoms with E-state index in [-0.39, 0.29) is 6.04 Å². The third kappa shape index (κ3) is 2.27. The van der Waals surface area contributed by atoms with E-state index in [1.54, 1.807) is 18.9 Å². The molecule has 4 heteroatoms. The SMILES string of the molecule is [B]CC1=NC(c2cccc(OC)c2)C(C)S1. The highest BCUT2D eigenvalue weighted by Gasteiger charge is 2.26. The van der Waals surface area contributed by atoms with Crippen LogP contribution in [0.3, 0.4) is 0 Å². The Labute approximate surface area is 102 Å². The van der Waals surface area contributed by atoms with Crippen LogP contribution in [0.4, 0.5) is 0 Å². The molecule has 1 heterocycles. The number of aliphatic imine (C=N–C) groups is 1. The van der Waals surface area contributed by atoms with Crippen LogP contribution in [0, 0.1) is 0 Å². The van der Waals surface area contributed by atoms with Gasteiger partial charge in [0.05, 0.1) is 26.0 Å². The van der Waals surface area contributed by atoms with Crippen LogP contribution in [0.15, 0.2) is 29.3 Å². The molecule has 2 rings (SSSR count). The maximum absolute atomic E-state index is 5.62. The molecule has 0 spiro atoms. The number of rotatable bonds is 3. The molecule has 1 aromatic rings. The summed E-state index contributed by atoms with van der Waals surface area (Å²) in [6.07, 6.45) is 0.537. The van der Waals surface area contributed by atoms with Crippen LogP contribution >= 0.6 is 11.8 Å². The van der Waals surface area contributed by atoms with E-state index in [0.29, 0.717) is 11.6 Å². The first kappa shape index (κ1) is 11.6. The van der Waals surface area contributed by atoms with Gasteiger partial charge in [-0.3, -0.25) is 4.99 Å². The number of nitrogens with zero attached hydrogens (tertiary/aromatic N) is 1. The zero-order valence-electron chi connectivity index (χ0n) is 9.51. The molecule has 16 heavy (non-hydrogen) atoms. The molecule has 1 aromatic carbocycles. The number of benzene rings is 1. The van der Waals surface area contributed by atoms with Crippen LogP contribution in [-0.4, -0.2) is 25.2 Å². The summed E-state index contributed by atoms with van der Waals surface area (Å²) >= 11 is 1.77. The molecule has 2 nitrogen and oxygen atoms in total. The van der Waals surface area contributed by atoms with Gasteiger partial charge in [-0.05, 0) is 24.0 Å². The smallest absolute Gasteiger partial charge is 0.119 e. The van der Waals surface area contributed by atoms with E-state index < -0.39 is 0 Å². The lowest BCUT2D eigenvalue weighted by molar-refractivity contribution is 0.414. The summed E-state index contributed by atoms with van der Waals surface area (Å²) in [5.41, 5.74) is 1.20. The third-order valence-electron chi connectivity index (χ3n) is 2.66. The summed E-state index contributed by atoms with van der Waals surface area (Å²) in [4.78, 5) is 4.63. The molecule has 0 amide bonds. The van der Waals surface area contributed by atoms with Gasteiger partial charge in [-0.25, -0.2) is 0 Å². The van der Waals surface area contributed by atoms with Crippen molar-refractivity contribution in [3.05, 3.63) is 29.8 Å². The van der Waals surface area contributed by atoms with E-state index in [0.717, 1.165) is 10.8 Å². The highest BCUT2D eigenvalue weighted by molar-refractivity contribution is 8.14. The van der Waals surface area contributed by atoms with Crippen molar-refractivity contribution in [1.82, 2.24) is 0 Å². The molecule has 0 bridgehead atoms. The topological polar surface area (TPSA) is 21.6 Å². The van der Waals surface area contributed by atoms with E-state index in [4.69, 9.17) is 12.6 Å². The van der Waals surface area contributed by atoms with Gasteiger partial charge in [-0.2, -0.15) is 0 Å². The van der Waals surface area contributed by atoms with Crippen LogP contribution in [0.25, 0.3) is 0 Å². The van der Waals surface area contributed by atoms with Crippen molar-refractivity contribution in [2.45, 2.75) is 24.5 Å². The van der Waals surface area contributed by atoms with E-state index in [9.17, 15) is 0 Å². The number of methoxy groups -OCH3 is 1. The predicted octanol–water partition coefficient (Wildman–Crippen LogP) is 2.86. The minimum absolute atomic E-state index is 0.207. The van der Waals surface area contributed by atoms with Gasteiger partial charge in [-0.15, -0.1) is 11.8 Å². The second-order valence-electron chi connectivity index (χ2n) is 3.77. The first-order valence-electron chi connectivity index (χ1n) is 5.32. The summed E-state index contributed by atoms with van der Waals surface area (Å²) in [7, 11) is 7.30. The molecule has 82 valence electrons. The Balaban J connectivity index is 2.26. The fourth-order valence-corrected chi connectivity index (χ4v) is 2.89. The van der Waals surface area contributed by atoms with Crippen LogP contribution in [0.5, 0.6) is 5.75 Å². The van der Waals surface area contributed by atoms with Crippen molar-refractivity contribution in [1.29, 1.82) is 0 Å². The van der Waals surface area contributed by atoms with Crippen LogP contribution in [0.1, 0.15) is 18.5 Å². The standard InChI is InChI=1S/C12H14BNOS/c1-8-12(14-11(7-13)16-8)9-4-3-5-10(6-9)15-2/h3-6,8,12H,7H2,1-2H3. The zero-order valence-corrected chi connectivity index (χ0v) is 10.3. The summed E-state index contributed by atoms with van der Waals surface area (Å²) in [6.45, 7) is 2.18. The van der Waals surface area contributed by atoms with Crippen LogP contribution in [0.2, 0.25) is 6.32 Å². The van der Waals surface area contributed by atoms with Gasteiger partial charge in [0.2, 0.25) is 0 Å². The summed E-state index contributed by atoms with van der Waals surface area (Å²) in [5.74, 6) is 0.881. The first-order valence-corrected chi connectivity index (χ1v) is 6.20. The molecular weight excluding hydrogens is 217 g/mol. The minimum Gasteiger partial charge on any atom is -0.497 e. The Morgan fingerprint density at radius 1 is 1.50 bits per heavy atom. The van der Waals surface area contributed by atoms with Crippen LogP contribution < -0.4 is 4.74 Å². The van der Waals surface area contributed by atoms with E-state index in [1.807, 2.05) is 18.2 Å². The molecule has 0 aromatic heterocycles. The van der Waals surface area contributed by atoms with Crippen molar-refractivity contribution < 1.29 is 4.74 Å². The Bertz CT molecular complexity index is 408. The molecule has 0 fully saturated rings. The quantitative estimate of drug-likeness (QED) is 0.746.